The van der Waals surface area contributed by atoms with Gasteiger partial charge in [-0.05, 0) is 46.2 Å². The maximum absolute atomic E-state index is 12.5. The van der Waals surface area contributed by atoms with Crippen molar-refractivity contribution < 1.29 is 4.79 Å². The first kappa shape index (κ1) is 23.9. The van der Waals surface area contributed by atoms with E-state index < -0.39 is 0 Å². The van der Waals surface area contributed by atoms with Gasteiger partial charge in [0.15, 0.2) is 0 Å². The summed E-state index contributed by atoms with van der Waals surface area (Å²) in [6, 6.07) is 0. The number of rotatable bonds is 12. The molecule has 1 fully saturated rings. The van der Waals surface area contributed by atoms with Gasteiger partial charge in [-0.1, -0.05) is 51.9 Å². The number of amides is 1. The third kappa shape index (κ3) is 9.41. The van der Waals surface area contributed by atoms with Crippen LogP contribution in [0.15, 0.2) is 0 Å². The van der Waals surface area contributed by atoms with E-state index in [9.17, 15) is 4.79 Å². The average molecular weight is 405 g/mol. The predicted octanol–water partition coefficient (Wildman–Crippen LogP) is 5.29. The number of hydrogen-bond donors (Lipinski definition) is 0. The van der Waals surface area contributed by atoms with Crippen LogP contribution in [0, 0.1) is 5.92 Å². The quantitative estimate of drug-likeness (QED) is 0.412. The van der Waals surface area contributed by atoms with Gasteiger partial charge in [-0.25, -0.2) is 0 Å². The van der Waals surface area contributed by atoms with Crippen LogP contribution in [0.1, 0.15) is 85.0 Å². The Kier molecular flexibility index (Phi) is 15.1. The van der Waals surface area contributed by atoms with E-state index in [2.05, 4.69) is 25.7 Å². The number of nitrogens with zero attached hydrogens (tertiary/aromatic N) is 2. The summed E-state index contributed by atoms with van der Waals surface area (Å²) in [4.78, 5) is 17.0. The molecule has 3 nitrogen and oxygen atoms in total. The summed E-state index contributed by atoms with van der Waals surface area (Å²) in [6.45, 7) is 11.5. The van der Waals surface area contributed by atoms with Crippen molar-refractivity contribution in [3.63, 3.8) is 0 Å². The Bertz CT molecular complexity index is 308. The zero-order valence-electron chi connectivity index (χ0n) is 16.4. The first-order valence-electron chi connectivity index (χ1n) is 10.2. The van der Waals surface area contributed by atoms with Gasteiger partial charge in [-0.3, -0.25) is 4.79 Å². The summed E-state index contributed by atoms with van der Waals surface area (Å²) in [6.07, 6.45) is 13.3. The van der Waals surface area contributed by atoms with Crippen LogP contribution in [-0.2, 0) is 4.79 Å². The number of carbonyl (C=O) groups excluding carboxylic acids is 1. The van der Waals surface area contributed by atoms with E-state index in [1.165, 1.54) is 70.9 Å². The SMILES string of the molecule is Br.CCCCCCCCCCN1CCCC(C(=O)N(CC)CC)C1. The van der Waals surface area contributed by atoms with Gasteiger partial charge in [0.05, 0.1) is 5.92 Å². The molecule has 0 N–H and O–H groups in total. The minimum absolute atomic E-state index is 0. The lowest BCUT2D eigenvalue weighted by Crippen LogP contribution is -2.45. The largest absolute Gasteiger partial charge is 0.343 e. The van der Waals surface area contributed by atoms with E-state index >= 15 is 0 Å². The molecule has 1 rings (SSSR count). The van der Waals surface area contributed by atoms with Crippen molar-refractivity contribution in [1.29, 1.82) is 0 Å². The van der Waals surface area contributed by atoms with E-state index in [4.69, 9.17) is 0 Å². The van der Waals surface area contributed by atoms with Crippen LogP contribution < -0.4 is 0 Å². The lowest BCUT2D eigenvalue weighted by atomic mass is 9.96. The van der Waals surface area contributed by atoms with Gasteiger partial charge in [0.25, 0.3) is 0 Å². The topological polar surface area (TPSA) is 23.6 Å². The highest BCUT2D eigenvalue weighted by molar-refractivity contribution is 8.93. The molecule has 0 bridgehead atoms. The maximum atomic E-state index is 12.5. The van der Waals surface area contributed by atoms with E-state index in [0.717, 1.165) is 26.1 Å². The Morgan fingerprint density at radius 3 is 2.12 bits per heavy atom. The molecule has 144 valence electrons. The van der Waals surface area contributed by atoms with Gasteiger partial charge in [0, 0.05) is 19.6 Å². The third-order valence-electron chi connectivity index (χ3n) is 5.26. The Hall–Kier alpha value is -0.0900. The normalized spacial score (nSPS) is 18.2. The number of carbonyl (C=O) groups is 1. The van der Waals surface area contributed by atoms with Gasteiger partial charge in [0.2, 0.25) is 5.91 Å². The maximum Gasteiger partial charge on any atom is 0.226 e. The molecule has 1 saturated heterocycles. The molecular weight excluding hydrogens is 364 g/mol. The lowest BCUT2D eigenvalue weighted by Gasteiger charge is -2.34. The molecule has 1 amide bonds. The second-order valence-electron chi connectivity index (χ2n) is 7.13. The van der Waals surface area contributed by atoms with Crippen molar-refractivity contribution in [3.05, 3.63) is 0 Å². The van der Waals surface area contributed by atoms with E-state index in [0.29, 0.717) is 5.91 Å². The fraction of sp³-hybridized carbons (Fsp3) is 0.950. The average Bonchev–Trinajstić information content (AvgIpc) is 2.58. The van der Waals surface area contributed by atoms with Crippen LogP contribution in [0.5, 0.6) is 0 Å². The number of hydrogen-bond acceptors (Lipinski definition) is 2. The molecule has 1 heterocycles. The van der Waals surface area contributed by atoms with Gasteiger partial charge in [-0.15, -0.1) is 17.0 Å². The van der Waals surface area contributed by atoms with E-state index in [1.807, 2.05) is 4.90 Å². The zero-order valence-corrected chi connectivity index (χ0v) is 18.1. The Labute approximate surface area is 161 Å². The van der Waals surface area contributed by atoms with Gasteiger partial charge in [-0.2, -0.15) is 0 Å². The molecule has 0 spiro atoms. The molecule has 4 heteroatoms. The second kappa shape index (κ2) is 15.2. The summed E-state index contributed by atoms with van der Waals surface area (Å²) in [5.74, 6) is 0.633. The first-order valence-corrected chi connectivity index (χ1v) is 10.2. The number of piperidine rings is 1. The van der Waals surface area contributed by atoms with Crippen molar-refractivity contribution in [3.8, 4) is 0 Å². The summed E-state index contributed by atoms with van der Waals surface area (Å²) >= 11 is 0. The molecule has 1 aliphatic rings. The highest BCUT2D eigenvalue weighted by Crippen LogP contribution is 2.19. The van der Waals surface area contributed by atoms with Crippen LogP contribution in [0.3, 0.4) is 0 Å². The second-order valence-corrected chi connectivity index (χ2v) is 7.13. The van der Waals surface area contributed by atoms with Gasteiger partial charge < -0.3 is 9.80 Å². The van der Waals surface area contributed by atoms with Crippen LogP contribution in [0.2, 0.25) is 0 Å². The number of halogens is 1. The molecule has 0 radical (unpaired) electrons. The molecule has 0 aromatic carbocycles. The highest BCUT2D eigenvalue weighted by atomic mass is 79.9. The van der Waals surface area contributed by atoms with Crippen molar-refractivity contribution in [2.24, 2.45) is 5.92 Å². The standard InChI is InChI=1S/C20H40N2O.BrH/c1-4-7-8-9-10-11-12-13-16-21-17-14-15-19(18-21)20(23)22(5-2)6-3;/h19H,4-18H2,1-3H3;1H. The van der Waals surface area contributed by atoms with Crippen LogP contribution >= 0.6 is 17.0 Å². The summed E-state index contributed by atoms with van der Waals surface area (Å²) in [7, 11) is 0. The molecule has 1 unspecified atom stereocenters. The Morgan fingerprint density at radius 2 is 1.54 bits per heavy atom. The highest BCUT2D eigenvalue weighted by Gasteiger charge is 2.27. The minimum atomic E-state index is 0. The summed E-state index contributed by atoms with van der Waals surface area (Å²) < 4.78 is 0. The van der Waals surface area contributed by atoms with Crippen molar-refractivity contribution in [2.45, 2.75) is 85.0 Å². The third-order valence-corrected chi connectivity index (χ3v) is 5.26. The van der Waals surface area contributed by atoms with Crippen molar-refractivity contribution in [2.75, 3.05) is 32.7 Å². The molecule has 0 aromatic rings. The molecule has 24 heavy (non-hydrogen) atoms. The minimum Gasteiger partial charge on any atom is -0.343 e. The molecule has 0 aliphatic carbocycles. The molecule has 1 aliphatic heterocycles. The van der Waals surface area contributed by atoms with Crippen LogP contribution in [0.25, 0.3) is 0 Å². The van der Waals surface area contributed by atoms with Crippen molar-refractivity contribution >= 4 is 22.9 Å². The fourth-order valence-corrected chi connectivity index (χ4v) is 3.72. The van der Waals surface area contributed by atoms with Crippen LogP contribution in [-0.4, -0.2) is 48.4 Å². The predicted molar refractivity (Wildman–Crippen MR) is 110 cm³/mol. The number of likely N-dealkylation sites (tertiary alicyclic amines) is 1. The van der Waals surface area contributed by atoms with Crippen molar-refractivity contribution in [1.82, 2.24) is 9.80 Å². The number of unbranched alkanes of at least 4 members (excludes halogenated alkanes) is 7. The van der Waals surface area contributed by atoms with Crippen LogP contribution in [0.4, 0.5) is 0 Å². The lowest BCUT2D eigenvalue weighted by molar-refractivity contribution is -0.137. The molecule has 0 saturated carbocycles. The first-order chi connectivity index (χ1) is 11.2. The summed E-state index contributed by atoms with van der Waals surface area (Å²) in [5, 5.41) is 0. The zero-order chi connectivity index (χ0) is 16.9. The molecule has 0 aromatic heterocycles. The summed E-state index contributed by atoms with van der Waals surface area (Å²) in [5.41, 5.74) is 0. The molecule has 1 atom stereocenters. The smallest absolute Gasteiger partial charge is 0.226 e. The van der Waals surface area contributed by atoms with Gasteiger partial charge >= 0.3 is 0 Å². The Balaban J connectivity index is 0.00000529. The van der Waals surface area contributed by atoms with E-state index in [-0.39, 0.29) is 22.9 Å². The van der Waals surface area contributed by atoms with Gasteiger partial charge in [0.1, 0.15) is 0 Å². The molecular formula is C20H41BrN2O. The Morgan fingerprint density at radius 1 is 0.958 bits per heavy atom. The fourth-order valence-electron chi connectivity index (χ4n) is 3.72. The monoisotopic (exact) mass is 404 g/mol. The van der Waals surface area contributed by atoms with E-state index in [1.54, 1.807) is 0 Å².